The zero-order chi connectivity index (χ0) is 21.0. The molecule has 1 heterocycles. The predicted molar refractivity (Wildman–Crippen MR) is 120 cm³/mol. The van der Waals surface area contributed by atoms with Crippen LogP contribution < -0.4 is 5.32 Å². The smallest absolute Gasteiger partial charge is 0.251 e. The summed E-state index contributed by atoms with van der Waals surface area (Å²) in [7, 11) is 2.17. The number of hydrogen-bond donors (Lipinski definition) is 1. The SMILES string of the molecule is Cc1ccc(C(CNC(=O)c2ccc(C(C)(C)C)cc2)N2CCN(C)CC2)cc1. The molecule has 1 aliphatic rings. The normalized spacial score (nSPS) is 17.1. The molecule has 1 saturated heterocycles. The zero-order valence-electron chi connectivity index (χ0n) is 18.5. The Kier molecular flexibility index (Phi) is 6.76. The first-order valence-corrected chi connectivity index (χ1v) is 10.6. The van der Waals surface area contributed by atoms with E-state index in [1.54, 1.807) is 0 Å². The summed E-state index contributed by atoms with van der Waals surface area (Å²) >= 11 is 0. The van der Waals surface area contributed by atoms with Gasteiger partial charge in [0, 0.05) is 38.3 Å². The lowest BCUT2D eigenvalue weighted by atomic mass is 9.87. The quantitative estimate of drug-likeness (QED) is 0.834. The first-order chi connectivity index (χ1) is 13.7. The van der Waals surface area contributed by atoms with Crippen LogP contribution in [0.4, 0.5) is 0 Å². The van der Waals surface area contributed by atoms with Crippen LogP contribution in [0.25, 0.3) is 0 Å². The molecule has 1 N–H and O–H groups in total. The van der Waals surface area contributed by atoms with Gasteiger partial charge < -0.3 is 10.2 Å². The lowest BCUT2D eigenvalue weighted by Crippen LogP contribution is -2.48. The molecule has 0 saturated carbocycles. The summed E-state index contributed by atoms with van der Waals surface area (Å²) in [6.45, 7) is 13.4. The van der Waals surface area contributed by atoms with Gasteiger partial charge in [0.25, 0.3) is 5.91 Å². The van der Waals surface area contributed by atoms with E-state index in [-0.39, 0.29) is 17.4 Å². The number of carbonyl (C=O) groups is 1. The van der Waals surface area contributed by atoms with E-state index < -0.39 is 0 Å². The fraction of sp³-hybridized carbons (Fsp3) is 0.480. The van der Waals surface area contributed by atoms with Crippen LogP contribution in [0.1, 0.15) is 53.9 Å². The minimum absolute atomic E-state index is 0.00306. The van der Waals surface area contributed by atoms with E-state index in [0.717, 1.165) is 31.7 Å². The van der Waals surface area contributed by atoms with Gasteiger partial charge >= 0.3 is 0 Å². The summed E-state index contributed by atoms with van der Waals surface area (Å²) in [5.41, 5.74) is 4.58. The van der Waals surface area contributed by atoms with Gasteiger partial charge in [-0.2, -0.15) is 0 Å². The van der Waals surface area contributed by atoms with Crippen LogP contribution in [-0.2, 0) is 5.41 Å². The number of aryl methyl sites for hydroxylation is 1. The van der Waals surface area contributed by atoms with Gasteiger partial charge in [-0.05, 0) is 42.6 Å². The number of nitrogens with one attached hydrogen (secondary N) is 1. The molecule has 156 valence electrons. The van der Waals surface area contributed by atoms with E-state index in [9.17, 15) is 4.79 Å². The highest BCUT2D eigenvalue weighted by molar-refractivity contribution is 5.94. The molecule has 0 bridgehead atoms. The van der Waals surface area contributed by atoms with Gasteiger partial charge in [-0.3, -0.25) is 9.69 Å². The number of benzene rings is 2. The Morgan fingerprint density at radius 3 is 2.10 bits per heavy atom. The monoisotopic (exact) mass is 393 g/mol. The van der Waals surface area contributed by atoms with Gasteiger partial charge in [0.15, 0.2) is 0 Å². The second-order valence-corrected chi connectivity index (χ2v) is 9.30. The van der Waals surface area contributed by atoms with Crippen LogP contribution in [0.15, 0.2) is 48.5 Å². The minimum Gasteiger partial charge on any atom is -0.350 e. The van der Waals surface area contributed by atoms with Crippen LogP contribution in [0, 0.1) is 6.92 Å². The van der Waals surface area contributed by atoms with Crippen molar-refractivity contribution in [2.24, 2.45) is 0 Å². The third-order valence-electron chi connectivity index (χ3n) is 5.91. The van der Waals surface area contributed by atoms with Crippen molar-refractivity contribution >= 4 is 5.91 Å². The fourth-order valence-electron chi connectivity index (χ4n) is 3.79. The third-order valence-corrected chi connectivity index (χ3v) is 5.91. The molecule has 2 aromatic carbocycles. The summed E-state index contributed by atoms with van der Waals surface area (Å²) in [6.07, 6.45) is 0. The topological polar surface area (TPSA) is 35.6 Å². The highest BCUT2D eigenvalue weighted by Crippen LogP contribution is 2.24. The summed E-state index contributed by atoms with van der Waals surface area (Å²) in [4.78, 5) is 17.6. The molecule has 4 nitrogen and oxygen atoms in total. The standard InChI is InChI=1S/C25H35N3O/c1-19-6-8-20(9-7-19)23(28-16-14-27(5)15-17-28)18-26-24(29)21-10-12-22(13-11-21)25(2,3)4/h6-13,23H,14-18H2,1-5H3,(H,26,29). The molecule has 0 spiro atoms. The maximum atomic E-state index is 12.8. The molecule has 2 aromatic rings. The third kappa shape index (κ3) is 5.68. The average molecular weight is 394 g/mol. The highest BCUT2D eigenvalue weighted by Gasteiger charge is 2.24. The molecular weight excluding hydrogens is 358 g/mol. The van der Waals surface area contributed by atoms with E-state index in [1.807, 2.05) is 12.1 Å². The number of rotatable bonds is 5. The van der Waals surface area contributed by atoms with Gasteiger partial charge in [-0.15, -0.1) is 0 Å². The molecule has 29 heavy (non-hydrogen) atoms. The Morgan fingerprint density at radius 2 is 1.55 bits per heavy atom. The molecule has 1 amide bonds. The number of nitrogens with zero attached hydrogens (tertiary/aromatic N) is 2. The average Bonchev–Trinajstić information content (AvgIpc) is 2.70. The van der Waals surface area contributed by atoms with Gasteiger partial charge in [-0.1, -0.05) is 62.7 Å². The van der Waals surface area contributed by atoms with Crippen molar-refractivity contribution in [1.82, 2.24) is 15.1 Å². The van der Waals surface area contributed by atoms with Crippen molar-refractivity contribution in [1.29, 1.82) is 0 Å². The van der Waals surface area contributed by atoms with Crippen molar-refractivity contribution in [3.05, 3.63) is 70.8 Å². The van der Waals surface area contributed by atoms with Crippen molar-refractivity contribution in [2.45, 2.75) is 39.2 Å². The van der Waals surface area contributed by atoms with Crippen LogP contribution in [-0.4, -0.2) is 55.5 Å². The number of carbonyl (C=O) groups excluding carboxylic acids is 1. The van der Waals surface area contributed by atoms with E-state index in [0.29, 0.717) is 6.54 Å². The first kappa shape index (κ1) is 21.5. The summed E-state index contributed by atoms with van der Waals surface area (Å²) in [5, 5.41) is 3.18. The molecule has 0 radical (unpaired) electrons. The van der Waals surface area contributed by atoms with Crippen LogP contribution in [0.2, 0.25) is 0 Å². The van der Waals surface area contributed by atoms with Gasteiger partial charge in [0.2, 0.25) is 0 Å². The van der Waals surface area contributed by atoms with Gasteiger partial charge in [-0.25, -0.2) is 0 Å². The van der Waals surface area contributed by atoms with Crippen LogP contribution >= 0.6 is 0 Å². The second kappa shape index (κ2) is 9.10. The molecule has 1 fully saturated rings. The van der Waals surface area contributed by atoms with Crippen molar-refractivity contribution in [3.8, 4) is 0 Å². The molecule has 0 aliphatic carbocycles. The number of hydrogen-bond acceptors (Lipinski definition) is 3. The predicted octanol–water partition coefficient (Wildman–Crippen LogP) is 4.01. The minimum atomic E-state index is -0.00306. The Labute approximate surface area is 175 Å². The van der Waals surface area contributed by atoms with Crippen molar-refractivity contribution in [2.75, 3.05) is 39.8 Å². The number of likely N-dealkylation sites (N-methyl/N-ethyl adjacent to an activating group) is 1. The van der Waals surface area contributed by atoms with Crippen LogP contribution in [0.5, 0.6) is 0 Å². The lowest BCUT2D eigenvalue weighted by Gasteiger charge is -2.38. The number of piperazine rings is 1. The van der Waals surface area contributed by atoms with Crippen LogP contribution in [0.3, 0.4) is 0 Å². The summed E-state index contributed by atoms with van der Waals surface area (Å²) < 4.78 is 0. The molecule has 1 atom stereocenters. The summed E-state index contributed by atoms with van der Waals surface area (Å²) in [5.74, 6) is -0.00306. The van der Waals surface area contributed by atoms with Gasteiger partial charge in [0.05, 0.1) is 6.04 Å². The molecule has 4 heteroatoms. The Morgan fingerprint density at radius 1 is 0.966 bits per heavy atom. The Balaban J connectivity index is 1.70. The molecule has 1 aliphatic heterocycles. The zero-order valence-corrected chi connectivity index (χ0v) is 18.5. The van der Waals surface area contributed by atoms with E-state index in [2.05, 4.69) is 86.3 Å². The molecular formula is C25H35N3O. The first-order valence-electron chi connectivity index (χ1n) is 10.6. The maximum Gasteiger partial charge on any atom is 0.251 e. The van der Waals surface area contributed by atoms with Gasteiger partial charge in [0.1, 0.15) is 0 Å². The number of amides is 1. The van der Waals surface area contributed by atoms with E-state index in [4.69, 9.17) is 0 Å². The largest absolute Gasteiger partial charge is 0.350 e. The van der Waals surface area contributed by atoms with E-state index >= 15 is 0 Å². The van der Waals surface area contributed by atoms with E-state index in [1.165, 1.54) is 16.7 Å². The summed E-state index contributed by atoms with van der Waals surface area (Å²) in [6, 6.07) is 16.9. The Bertz CT molecular complexity index is 797. The fourth-order valence-corrected chi connectivity index (χ4v) is 3.79. The second-order valence-electron chi connectivity index (χ2n) is 9.30. The van der Waals surface area contributed by atoms with Crippen molar-refractivity contribution in [3.63, 3.8) is 0 Å². The highest BCUT2D eigenvalue weighted by atomic mass is 16.1. The lowest BCUT2D eigenvalue weighted by molar-refractivity contribution is 0.0886. The molecule has 3 rings (SSSR count). The van der Waals surface area contributed by atoms with Crippen molar-refractivity contribution < 1.29 is 4.79 Å². The molecule has 0 aromatic heterocycles. The molecule has 1 unspecified atom stereocenters. The maximum absolute atomic E-state index is 12.8. The Hall–Kier alpha value is -2.17.